The molecule has 0 bridgehead atoms. The summed E-state index contributed by atoms with van der Waals surface area (Å²) in [5, 5.41) is 8.12. The maximum atomic E-state index is 6.03. The Bertz CT molecular complexity index is 1150. The third-order valence-corrected chi connectivity index (χ3v) is 4.68. The van der Waals surface area contributed by atoms with E-state index in [1.54, 1.807) is 10.7 Å². The van der Waals surface area contributed by atoms with Gasteiger partial charge in [0.1, 0.15) is 24.2 Å². The van der Waals surface area contributed by atoms with E-state index in [1.165, 1.54) is 0 Å². The predicted octanol–water partition coefficient (Wildman–Crippen LogP) is 2.69. The molecule has 8 nitrogen and oxygen atoms in total. The van der Waals surface area contributed by atoms with Crippen molar-refractivity contribution in [2.75, 3.05) is 18.5 Å². The van der Waals surface area contributed by atoms with Crippen LogP contribution in [0.5, 0.6) is 11.5 Å². The van der Waals surface area contributed by atoms with Gasteiger partial charge in [0.2, 0.25) is 0 Å². The molecule has 0 amide bonds. The van der Waals surface area contributed by atoms with E-state index in [9.17, 15) is 0 Å². The molecule has 8 heteroatoms. The van der Waals surface area contributed by atoms with Crippen LogP contribution in [0.4, 0.5) is 5.82 Å². The summed E-state index contributed by atoms with van der Waals surface area (Å²) in [5.74, 6) is 3.21. The van der Waals surface area contributed by atoms with Crippen LogP contribution in [0, 0.1) is 6.92 Å². The number of aryl methyl sites for hydroxylation is 2. The maximum absolute atomic E-state index is 6.03. The van der Waals surface area contributed by atoms with Gasteiger partial charge in [-0.15, -0.1) is 0 Å². The minimum atomic E-state index is -0.0944. The van der Waals surface area contributed by atoms with E-state index in [1.807, 2.05) is 61.1 Å². The summed E-state index contributed by atoms with van der Waals surface area (Å²) in [6, 6.07) is 11.6. The fourth-order valence-electron chi connectivity index (χ4n) is 3.33. The third-order valence-electron chi connectivity index (χ3n) is 4.68. The number of hydrogen-bond donors (Lipinski definition) is 1. The summed E-state index contributed by atoms with van der Waals surface area (Å²) in [6.45, 7) is 3.05. The van der Waals surface area contributed by atoms with Crippen molar-refractivity contribution < 1.29 is 9.47 Å². The highest BCUT2D eigenvalue weighted by Gasteiger charge is 2.21. The van der Waals surface area contributed by atoms with E-state index in [-0.39, 0.29) is 6.10 Å². The Labute approximate surface area is 161 Å². The predicted molar refractivity (Wildman–Crippen MR) is 105 cm³/mol. The number of para-hydroxylation sites is 2. The number of hydrogen-bond acceptors (Lipinski definition) is 6. The van der Waals surface area contributed by atoms with E-state index in [0.717, 1.165) is 40.2 Å². The van der Waals surface area contributed by atoms with Gasteiger partial charge in [0.25, 0.3) is 0 Å². The molecule has 4 heterocycles. The fourth-order valence-corrected chi connectivity index (χ4v) is 3.33. The molecule has 1 aliphatic heterocycles. The summed E-state index contributed by atoms with van der Waals surface area (Å²) >= 11 is 0. The first-order valence-electron chi connectivity index (χ1n) is 9.15. The van der Waals surface area contributed by atoms with E-state index >= 15 is 0 Å². The zero-order valence-corrected chi connectivity index (χ0v) is 15.7. The number of aromatic nitrogens is 5. The summed E-state index contributed by atoms with van der Waals surface area (Å²) in [4.78, 5) is 8.97. The SMILES string of the molecule is Cc1cc(NC[C@@H]2COc3ccccc3O2)n2nc(-c3nccn3C)cc2n1. The number of anilines is 1. The molecule has 0 unspecified atom stereocenters. The number of benzene rings is 1. The van der Waals surface area contributed by atoms with Crippen LogP contribution in [-0.2, 0) is 7.05 Å². The van der Waals surface area contributed by atoms with Crippen LogP contribution in [0.1, 0.15) is 5.69 Å². The highest BCUT2D eigenvalue weighted by Crippen LogP contribution is 2.31. The number of ether oxygens (including phenoxy) is 2. The minimum absolute atomic E-state index is 0.0944. The zero-order valence-electron chi connectivity index (χ0n) is 15.7. The third kappa shape index (κ3) is 2.92. The van der Waals surface area contributed by atoms with E-state index < -0.39 is 0 Å². The minimum Gasteiger partial charge on any atom is -0.486 e. The molecule has 28 heavy (non-hydrogen) atoms. The van der Waals surface area contributed by atoms with Crippen LogP contribution in [0.25, 0.3) is 17.2 Å². The number of nitrogens with one attached hydrogen (secondary N) is 1. The van der Waals surface area contributed by atoms with Crippen LogP contribution in [0.15, 0.2) is 48.8 Å². The van der Waals surface area contributed by atoms with Crippen molar-refractivity contribution in [3.8, 4) is 23.0 Å². The average Bonchev–Trinajstić information content (AvgIpc) is 3.31. The Morgan fingerprint density at radius 1 is 1.21 bits per heavy atom. The smallest absolute Gasteiger partial charge is 0.161 e. The lowest BCUT2D eigenvalue weighted by Crippen LogP contribution is -2.35. The molecule has 0 saturated heterocycles. The summed E-state index contributed by atoms with van der Waals surface area (Å²) in [7, 11) is 1.95. The number of nitrogens with zero attached hydrogens (tertiary/aromatic N) is 5. The van der Waals surface area contributed by atoms with Gasteiger partial charge in [-0.2, -0.15) is 9.61 Å². The Balaban J connectivity index is 1.40. The van der Waals surface area contributed by atoms with Gasteiger partial charge < -0.3 is 19.4 Å². The highest BCUT2D eigenvalue weighted by molar-refractivity contribution is 5.61. The second-order valence-corrected chi connectivity index (χ2v) is 6.82. The van der Waals surface area contributed by atoms with Crippen molar-refractivity contribution in [2.45, 2.75) is 13.0 Å². The van der Waals surface area contributed by atoms with Gasteiger partial charge in [-0.05, 0) is 19.1 Å². The molecule has 0 aliphatic carbocycles. The molecule has 1 aliphatic rings. The molecule has 0 spiro atoms. The van der Waals surface area contributed by atoms with Crippen LogP contribution in [0.2, 0.25) is 0 Å². The normalized spacial score (nSPS) is 15.7. The lowest BCUT2D eigenvalue weighted by molar-refractivity contribution is 0.0997. The molecule has 1 atom stereocenters. The van der Waals surface area contributed by atoms with E-state index in [0.29, 0.717) is 13.2 Å². The molecule has 4 aromatic rings. The van der Waals surface area contributed by atoms with Crippen molar-refractivity contribution in [3.63, 3.8) is 0 Å². The van der Waals surface area contributed by atoms with Gasteiger partial charge >= 0.3 is 0 Å². The maximum Gasteiger partial charge on any atom is 0.161 e. The van der Waals surface area contributed by atoms with Crippen molar-refractivity contribution in [1.82, 2.24) is 24.1 Å². The Morgan fingerprint density at radius 2 is 2.07 bits per heavy atom. The molecule has 0 radical (unpaired) electrons. The van der Waals surface area contributed by atoms with Gasteiger partial charge in [0, 0.05) is 37.3 Å². The van der Waals surface area contributed by atoms with Gasteiger partial charge in [0.15, 0.2) is 23.0 Å². The molecular weight excluding hydrogens is 356 g/mol. The molecule has 1 aromatic carbocycles. The Kier molecular flexibility index (Phi) is 3.89. The van der Waals surface area contributed by atoms with Crippen LogP contribution >= 0.6 is 0 Å². The second kappa shape index (κ2) is 6.56. The molecular formula is C20H20N6O2. The van der Waals surface area contributed by atoms with Crippen LogP contribution < -0.4 is 14.8 Å². The van der Waals surface area contributed by atoms with Crippen LogP contribution in [0.3, 0.4) is 0 Å². The van der Waals surface area contributed by atoms with Gasteiger partial charge in [-0.25, -0.2) is 9.97 Å². The second-order valence-electron chi connectivity index (χ2n) is 6.82. The standard InChI is InChI=1S/C20H20N6O2/c1-13-9-18(22-11-14-12-27-16-5-3-4-6-17(16)28-14)26-19(23-13)10-15(24-26)20-21-7-8-25(20)2/h3-10,14,22H,11-12H2,1-2H3/t14-/m1/s1. The molecule has 0 fully saturated rings. The first-order chi connectivity index (χ1) is 13.7. The summed E-state index contributed by atoms with van der Waals surface area (Å²) in [5.41, 5.74) is 2.46. The lowest BCUT2D eigenvalue weighted by Gasteiger charge is -2.26. The average molecular weight is 376 g/mol. The van der Waals surface area contributed by atoms with E-state index in [2.05, 4.69) is 15.3 Å². The van der Waals surface area contributed by atoms with E-state index in [4.69, 9.17) is 14.6 Å². The molecule has 3 aromatic heterocycles. The molecule has 142 valence electrons. The topological polar surface area (TPSA) is 78.5 Å². The van der Waals surface area contributed by atoms with Crippen molar-refractivity contribution in [2.24, 2.45) is 7.05 Å². The lowest BCUT2D eigenvalue weighted by atomic mass is 10.2. The van der Waals surface area contributed by atoms with Gasteiger partial charge in [-0.1, -0.05) is 12.1 Å². The number of imidazole rings is 1. The summed E-state index contributed by atoms with van der Waals surface area (Å²) < 4.78 is 15.6. The van der Waals surface area contributed by atoms with Crippen molar-refractivity contribution >= 4 is 11.5 Å². The largest absolute Gasteiger partial charge is 0.486 e. The monoisotopic (exact) mass is 376 g/mol. The molecule has 1 N–H and O–H groups in total. The Morgan fingerprint density at radius 3 is 2.89 bits per heavy atom. The molecule has 5 rings (SSSR count). The van der Waals surface area contributed by atoms with Crippen molar-refractivity contribution in [3.05, 3.63) is 54.5 Å². The summed E-state index contributed by atoms with van der Waals surface area (Å²) in [6.07, 6.45) is 3.56. The number of rotatable bonds is 4. The first-order valence-corrected chi connectivity index (χ1v) is 9.15. The number of fused-ring (bicyclic) bond motifs is 2. The first kappa shape index (κ1) is 16.6. The quantitative estimate of drug-likeness (QED) is 0.590. The van der Waals surface area contributed by atoms with Gasteiger partial charge in [-0.3, -0.25) is 0 Å². The zero-order chi connectivity index (χ0) is 19.1. The van der Waals surface area contributed by atoms with Gasteiger partial charge in [0.05, 0.1) is 6.54 Å². The fraction of sp³-hybridized carbons (Fsp3) is 0.250. The molecule has 0 saturated carbocycles. The van der Waals surface area contributed by atoms with Crippen molar-refractivity contribution in [1.29, 1.82) is 0 Å². The van der Waals surface area contributed by atoms with Crippen LogP contribution in [-0.4, -0.2) is 43.4 Å². The Hall–Kier alpha value is -3.55. The highest BCUT2D eigenvalue weighted by atomic mass is 16.6.